The van der Waals surface area contributed by atoms with Gasteiger partial charge in [0.2, 0.25) is 0 Å². The molecule has 0 bridgehead atoms. The van der Waals surface area contributed by atoms with Crippen molar-refractivity contribution in [2.75, 3.05) is 51.3 Å². The van der Waals surface area contributed by atoms with Crippen molar-refractivity contribution in [3.05, 3.63) is 30.3 Å². The second kappa shape index (κ2) is 6.69. The van der Waals surface area contributed by atoms with Gasteiger partial charge in [0.15, 0.2) is 0 Å². The van der Waals surface area contributed by atoms with Gasteiger partial charge in [0.05, 0.1) is 6.61 Å². The average Bonchev–Trinajstić information content (AvgIpc) is 3.04. The van der Waals surface area contributed by atoms with Crippen molar-refractivity contribution in [1.82, 2.24) is 15.0 Å². The van der Waals surface area contributed by atoms with E-state index in [9.17, 15) is 0 Å². The molecule has 0 atom stereocenters. The molecule has 1 aromatic carbocycles. The maximum atomic E-state index is 5.36. The van der Waals surface area contributed by atoms with Crippen LogP contribution in [0.15, 0.2) is 34.9 Å². The number of anilines is 1. The average molecular weight is 288 g/mol. The summed E-state index contributed by atoms with van der Waals surface area (Å²) >= 11 is 0. The molecule has 0 aliphatic carbocycles. The highest BCUT2D eigenvalue weighted by atomic mass is 16.5. The van der Waals surface area contributed by atoms with E-state index in [2.05, 4.69) is 19.9 Å². The molecular weight excluding hydrogens is 268 g/mol. The summed E-state index contributed by atoms with van der Waals surface area (Å²) in [5.41, 5.74) is 0.954. The number of rotatable bonds is 5. The molecule has 6 nitrogen and oxygen atoms in total. The molecule has 3 rings (SSSR count). The molecule has 2 aromatic rings. The quantitative estimate of drug-likeness (QED) is 0.831. The fourth-order valence-electron chi connectivity index (χ4n) is 2.43. The van der Waals surface area contributed by atoms with Gasteiger partial charge in [0.1, 0.15) is 0 Å². The third-order valence-electron chi connectivity index (χ3n) is 3.70. The molecule has 0 radical (unpaired) electrons. The SMILES string of the molecule is COCCN1CCN(c2noc(-c3ccccc3)n2)CC1. The molecule has 0 unspecified atom stereocenters. The fourth-order valence-corrected chi connectivity index (χ4v) is 2.43. The summed E-state index contributed by atoms with van der Waals surface area (Å²) in [5, 5.41) is 4.10. The summed E-state index contributed by atoms with van der Waals surface area (Å²) in [6, 6.07) is 9.85. The lowest BCUT2D eigenvalue weighted by atomic mass is 10.2. The summed E-state index contributed by atoms with van der Waals surface area (Å²) in [7, 11) is 1.74. The Labute approximate surface area is 124 Å². The van der Waals surface area contributed by atoms with Gasteiger partial charge in [0, 0.05) is 45.4 Å². The zero-order chi connectivity index (χ0) is 14.5. The third kappa shape index (κ3) is 3.40. The van der Waals surface area contributed by atoms with Crippen LogP contribution in [0.25, 0.3) is 11.5 Å². The minimum Gasteiger partial charge on any atom is -0.383 e. The molecule has 1 fully saturated rings. The van der Waals surface area contributed by atoms with Gasteiger partial charge in [-0.2, -0.15) is 4.98 Å². The number of aromatic nitrogens is 2. The predicted octanol–water partition coefficient (Wildman–Crippen LogP) is 1.51. The summed E-state index contributed by atoms with van der Waals surface area (Å²) < 4.78 is 10.5. The first kappa shape index (κ1) is 14.0. The molecule has 1 aliphatic heterocycles. The van der Waals surface area contributed by atoms with E-state index < -0.39 is 0 Å². The molecule has 2 heterocycles. The Morgan fingerprint density at radius 2 is 1.90 bits per heavy atom. The van der Waals surface area contributed by atoms with Crippen LogP contribution in [0.5, 0.6) is 0 Å². The van der Waals surface area contributed by atoms with Gasteiger partial charge in [-0.05, 0) is 17.3 Å². The molecule has 0 N–H and O–H groups in total. The van der Waals surface area contributed by atoms with Gasteiger partial charge >= 0.3 is 0 Å². The Bertz CT molecular complexity index is 550. The number of benzene rings is 1. The normalized spacial score (nSPS) is 16.3. The Hall–Kier alpha value is -1.92. The minimum absolute atomic E-state index is 0.576. The fraction of sp³-hybridized carbons (Fsp3) is 0.467. The van der Waals surface area contributed by atoms with Gasteiger partial charge in [-0.3, -0.25) is 4.90 Å². The Morgan fingerprint density at radius 1 is 1.14 bits per heavy atom. The number of hydrogen-bond acceptors (Lipinski definition) is 6. The lowest BCUT2D eigenvalue weighted by Gasteiger charge is -2.33. The van der Waals surface area contributed by atoms with Crippen molar-refractivity contribution in [3.8, 4) is 11.5 Å². The highest BCUT2D eigenvalue weighted by Gasteiger charge is 2.21. The monoisotopic (exact) mass is 288 g/mol. The van der Waals surface area contributed by atoms with Gasteiger partial charge in [-0.1, -0.05) is 18.2 Å². The van der Waals surface area contributed by atoms with Gasteiger partial charge in [0.25, 0.3) is 11.8 Å². The van der Waals surface area contributed by atoms with Crippen molar-refractivity contribution in [2.45, 2.75) is 0 Å². The molecular formula is C15H20N4O2. The minimum atomic E-state index is 0.576. The molecule has 1 saturated heterocycles. The van der Waals surface area contributed by atoms with Crippen LogP contribution in [0.4, 0.5) is 5.95 Å². The number of nitrogens with zero attached hydrogens (tertiary/aromatic N) is 4. The molecule has 21 heavy (non-hydrogen) atoms. The van der Waals surface area contributed by atoms with Crippen LogP contribution in [-0.2, 0) is 4.74 Å². The predicted molar refractivity (Wildman–Crippen MR) is 80.3 cm³/mol. The smallest absolute Gasteiger partial charge is 0.266 e. The summed E-state index contributed by atoms with van der Waals surface area (Å²) in [6.07, 6.45) is 0. The molecule has 112 valence electrons. The van der Waals surface area contributed by atoms with Gasteiger partial charge < -0.3 is 14.2 Å². The van der Waals surface area contributed by atoms with Crippen molar-refractivity contribution < 1.29 is 9.26 Å². The first-order chi connectivity index (χ1) is 10.4. The van der Waals surface area contributed by atoms with Crippen LogP contribution >= 0.6 is 0 Å². The Balaban J connectivity index is 1.60. The van der Waals surface area contributed by atoms with Crippen LogP contribution < -0.4 is 4.90 Å². The Morgan fingerprint density at radius 3 is 2.62 bits per heavy atom. The van der Waals surface area contributed by atoms with E-state index in [0.29, 0.717) is 11.8 Å². The van der Waals surface area contributed by atoms with Crippen molar-refractivity contribution in [1.29, 1.82) is 0 Å². The van der Waals surface area contributed by atoms with E-state index in [1.54, 1.807) is 7.11 Å². The first-order valence-corrected chi connectivity index (χ1v) is 7.22. The topological polar surface area (TPSA) is 54.6 Å². The lowest BCUT2D eigenvalue weighted by molar-refractivity contribution is 0.143. The third-order valence-corrected chi connectivity index (χ3v) is 3.70. The lowest BCUT2D eigenvalue weighted by Crippen LogP contribution is -2.47. The summed E-state index contributed by atoms with van der Waals surface area (Å²) in [4.78, 5) is 9.05. The van der Waals surface area contributed by atoms with Crippen molar-refractivity contribution in [2.24, 2.45) is 0 Å². The van der Waals surface area contributed by atoms with Crippen molar-refractivity contribution in [3.63, 3.8) is 0 Å². The van der Waals surface area contributed by atoms with Crippen LogP contribution in [0.1, 0.15) is 0 Å². The second-order valence-electron chi connectivity index (χ2n) is 5.09. The molecule has 0 amide bonds. The number of methoxy groups -OCH3 is 1. The maximum Gasteiger partial charge on any atom is 0.266 e. The van der Waals surface area contributed by atoms with Crippen LogP contribution in [0.3, 0.4) is 0 Å². The zero-order valence-electron chi connectivity index (χ0n) is 12.2. The molecule has 1 aliphatic rings. The standard InChI is InChI=1S/C15H20N4O2/c1-20-12-11-18-7-9-19(10-8-18)15-16-14(21-17-15)13-5-3-2-4-6-13/h2-6H,7-12H2,1H3. The summed E-state index contributed by atoms with van der Waals surface area (Å²) in [6.45, 7) is 5.58. The number of piperazine rings is 1. The van der Waals surface area contributed by atoms with Gasteiger partial charge in [-0.15, -0.1) is 0 Å². The molecule has 1 aromatic heterocycles. The van der Waals surface area contributed by atoms with Crippen LogP contribution in [0, 0.1) is 0 Å². The van der Waals surface area contributed by atoms with E-state index in [1.807, 2.05) is 30.3 Å². The van der Waals surface area contributed by atoms with E-state index in [4.69, 9.17) is 9.26 Å². The van der Waals surface area contributed by atoms with Crippen molar-refractivity contribution >= 4 is 5.95 Å². The molecule has 6 heteroatoms. The Kier molecular flexibility index (Phi) is 4.47. The zero-order valence-corrected chi connectivity index (χ0v) is 12.2. The van der Waals surface area contributed by atoms with Gasteiger partial charge in [-0.25, -0.2) is 0 Å². The number of ether oxygens (including phenoxy) is 1. The maximum absolute atomic E-state index is 5.36. The van der Waals surface area contributed by atoms with Crippen LogP contribution in [-0.4, -0.2) is 61.5 Å². The molecule has 0 spiro atoms. The first-order valence-electron chi connectivity index (χ1n) is 7.22. The van der Waals surface area contributed by atoms with Crippen LogP contribution in [0.2, 0.25) is 0 Å². The largest absolute Gasteiger partial charge is 0.383 e. The van der Waals surface area contributed by atoms with E-state index in [1.165, 1.54) is 0 Å². The highest BCUT2D eigenvalue weighted by molar-refractivity contribution is 5.54. The van der Waals surface area contributed by atoms with E-state index >= 15 is 0 Å². The van der Waals surface area contributed by atoms with E-state index in [0.717, 1.165) is 44.9 Å². The molecule has 0 saturated carbocycles. The highest BCUT2D eigenvalue weighted by Crippen LogP contribution is 2.20. The summed E-state index contributed by atoms with van der Waals surface area (Å²) in [5.74, 6) is 1.26. The number of hydrogen-bond donors (Lipinski definition) is 0. The second-order valence-corrected chi connectivity index (χ2v) is 5.09. The van der Waals surface area contributed by atoms with E-state index in [-0.39, 0.29) is 0 Å².